The Morgan fingerprint density at radius 3 is 2.26 bits per heavy atom. The summed E-state index contributed by atoms with van der Waals surface area (Å²) in [5.41, 5.74) is 5.37. The highest BCUT2D eigenvalue weighted by atomic mass is 19.2. The van der Waals surface area contributed by atoms with Gasteiger partial charge in [0.2, 0.25) is 5.91 Å². The van der Waals surface area contributed by atoms with E-state index < -0.39 is 17.5 Å². The number of carbonyl (C=O) groups excluding carboxylic acids is 1. The molecule has 0 bridgehead atoms. The molecule has 0 unspecified atom stereocenters. The fraction of sp³-hybridized carbons (Fsp3) is 0.650. The van der Waals surface area contributed by atoms with Crippen molar-refractivity contribution in [2.45, 2.75) is 51.0 Å². The number of nitrogens with two attached hydrogens (primary N) is 1. The lowest BCUT2D eigenvalue weighted by Crippen LogP contribution is -2.39. The zero-order valence-corrected chi connectivity index (χ0v) is 15.4. The van der Waals surface area contributed by atoms with E-state index in [2.05, 4.69) is 4.90 Å². The van der Waals surface area contributed by atoms with E-state index in [9.17, 15) is 18.0 Å². The summed E-state index contributed by atoms with van der Waals surface area (Å²) in [6.45, 7) is 2.68. The summed E-state index contributed by atoms with van der Waals surface area (Å²) in [6.07, 6.45) is 6.29. The van der Waals surface area contributed by atoms with E-state index in [1.165, 1.54) is 0 Å². The van der Waals surface area contributed by atoms with Crippen molar-refractivity contribution in [1.29, 1.82) is 0 Å². The van der Waals surface area contributed by atoms with Crippen molar-refractivity contribution < 1.29 is 22.7 Å². The topological polar surface area (TPSA) is 55.6 Å². The molecule has 2 aliphatic rings. The molecule has 3 rings (SSSR count). The standard InChI is InChI=1S/C20H27F3N2O2/c21-16-11-18(23)19(12-17(16)22)27-15-6-9-25(10-7-15)8-5-13-1-3-14(4-2-13)20(24)26/h11-15H,1-10H2,(H2,24,26)/t13-,14-. The summed E-state index contributed by atoms with van der Waals surface area (Å²) in [5, 5.41) is 0. The maximum atomic E-state index is 13.7. The number of hydrogen-bond donors (Lipinski definition) is 1. The van der Waals surface area contributed by atoms with Crippen molar-refractivity contribution in [1.82, 2.24) is 4.90 Å². The van der Waals surface area contributed by atoms with E-state index in [1.807, 2.05) is 0 Å². The first-order valence-corrected chi connectivity index (χ1v) is 9.75. The first-order chi connectivity index (χ1) is 12.9. The summed E-state index contributed by atoms with van der Waals surface area (Å²) >= 11 is 0. The molecular weight excluding hydrogens is 357 g/mol. The molecule has 0 spiro atoms. The van der Waals surface area contributed by atoms with E-state index in [0.717, 1.165) is 70.6 Å². The van der Waals surface area contributed by atoms with Crippen LogP contribution < -0.4 is 10.5 Å². The Hall–Kier alpha value is -1.76. The van der Waals surface area contributed by atoms with Crippen molar-refractivity contribution in [2.24, 2.45) is 17.6 Å². The molecule has 7 heteroatoms. The number of nitrogens with zero attached hydrogens (tertiary/aromatic N) is 1. The van der Waals surface area contributed by atoms with Crippen LogP contribution >= 0.6 is 0 Å². The zero-order chi connectivity index (χ0) is 19.4. The summed E-state index contributed by atoms with van der Waals surface area (Å²) in [7, 11) is 0. The first-order valence-electron chi connectivity index (χ1n) is 9.75. The predicted molar refractivity (Wildman–Crippen MR) is 95.7 cm³/mol. The van der Waals surface area contributed by atoms with E-state index >= 15 is 0 Å². The summed E-state index contributed by atoms with van der Waals surface area (Å²) in [6, 6.07) is 1.30. The minimum absolute atomic E-state index is 0.0471. The number of likely N-dealkylation sites (tertiary alicyclic amines) is 1. The second-order valence-corrected chi connectivity index (χ2v) is 7.76. The molecule has 1 aromatic carbocycles. The summed E-state index contributed by atoms with van der Waals surface area (Å²) in [4.78, 5) is 13.6. The van der Waals surface area contributed by atoms with Gasteiger partial charge in [0, 0.05) is 31.1 Å². The predicted octanol–water partition coefficient (Wildman–Crippen LogP) is 3.63. The highest BCUT2D eigenvalue weighted by Crippen LogP contribution is 2.31. The average Bonchev–Trinajstić information content (AvgIpc) is 2.66. The maximum absolute atomic E-state index is 13.7. The molecule has 1 aliphatic heterocycles. The molecule has 0 atom stereocenters. The lowest BCUT2D eigenvalue weighted by molar-refractivity contribution is -0.123. The molecule has 2 N–H and O–H groups in total. The van der Waals surface area contributed by atoms with Gasteiger partial charge in [0.25, 0.3) is 0 Å². The Kier molecular flexibility index (Phi) is 6.63. The van der Waals surface area contributed by atoms with E-state index in [0.29, 0.717) is 12.0 Å². The highest BCUT2D eigenvalue weighted by molar-refractivity contribution is 5.76. The van der Waals surface area contributed by atoms with Crippen LogP contribution in [0.4, 0.5) is 13.2 Å². The van der Waals surface area contributed by atoms with Gasteiger partial charge in [0.05, 0.1) is 0 Å². The molecule has 150 valence electrons. The van der Waals surface area contributed by atoms with Gasteiger partial charge in [-0.05, 0) is 57.4 Å². The number of primary amides is 1. The van der Waals surface area contributed by atoms with Gasteiger partial charge in [-0.15, -0.1) is 0 Å². The van der Waals surface area contributed by atoms with Gasteiger partial charge in [-0.1, -0.05) is 0 Å². The number of hydrogen-bond acceptors (Lipinski definition) is 3. The minimum atomic E-state index is -1.21. The first kappa shape index (κ1) is 20.0. The molecule has 1 saturated heterocycles. The SMILES string of the molecule is NC(=O)[C@H]1CC[C@H](CCN2CCC(Oc3cc(F)c(F)cc3F)CC2)CC1. The third-order valence-corrected chi connectivity index (χ3v) is 5.91. The van der Waals surface area contributed by atoms with Crippen LogP contribution in [0.2, 0.25) is 0 Å². The van der Waals surface area contributed by atoms with Crippen LogP contribution in [0.1, 0.15) is 44.9 Å². The molecule has 2 fully saturated rings. The van der Waals surface area contributed by atoms with Gasteiger partial charge in [-0.3, -0.25) is 4.79 Å². The van der Waals surface area contributed by atoms with Crippen molar-refractivity contribution in [2.75, 3.05) is 19.6 Å². The van der Waals surface area contributed by atoms with Crippen molar-refractivity contribution >= 4 is 5.91 Å². The Labute approximate surface area is 157 Å². The Morgan fingerprint density at radius 2 is 1.63 bits per heavy atom. The molecule has 1 heterocycles. The van der Waals surface area contributed by atoms with Crippen LogP contribution in [0.25, 0.3) is 0 Å². The molecule has 1 aliphatic carbocycles. The Balaban J connectivity index is 1.38. The second kappa shape index (κ2) is 8.95. The summed E-state index contributed by atoms with van der Waals surface area (Å²) < 4.78 is 45.5. The van der Waals surface area contributed by atoms with Gasteiger partial charge in [0.1, 0.15) is 6.10 Å². The van der Waals surface area contributed by atoms with Crippen LogP contribution in [-0.2, 0) is 4.79 Å². The molecule has 1 saturated carbocycles. The van der Waals surface area contributed by atoms with Crippen molar-refractivity contribution in [3.05, 3.63) is 29.6 Å². The Morgan fingerprint density at radius 1 is 1.00 bits per heavy atom. The van der Waals surface area contributed by atoms with Gasteiger partial charge >= 0.3 is 0 Å². The van der Waals surface area contributed by atoms with Crippen LogP contribution in [0, 0.1) is 29.3 Å². The number of benzene rings is 1. The third-order valence-electron chi connectivity index (χ3n) is 5.91. The number of piperidine rings is 1. The zero-order valence-electron chi connectivity index (χ0n) is 15.4. The number of carbonyl (C=O) groups is 1. The number of halogens is 3. The van der Waals surface area contributed by atoms with Crippen molar-refractivity contribution in [3.8, 4) is 5.75 Å². The molecule has 1 aromatic rings. The third kappa shape index (κ3) is 5.37. The quantitative estimate of drug-likeness (QED) is 0.762. The number of rotatable bonds is 6. The van der Waals surface area contributed by atoms with Crippen LogP contribution in [-0.4, -0.2) is 36.5 Å². The second-order valence-electron chi connectivity index (χ2n) is 7.76. The van der Waals surface area contributed by atoms with Gasteiger partial charge in [-0.2, -0.15) is 0 Å². The van der Waals surface area contributed by atoms with Gasteiger partial charge < -0.3 is 15.4 Å². The normalized spacial score (nSPS) is 24.7. The van der Waals surface area contributed by atoms with Gasteiger partial charge in [0.15, 0.2) is 23.2 Å². The molecular formula is C20H27F3N2O2. The number of amides is 1. The minimum Gasteiger partial charge on any atom is -0.487 e. The van der Waals surface area contributed by atoms with E-state index in [1.54, 1.807) is 0 Å². The van der Waals surface area contributed by atoms with E-state index in [-0.39, 0.29) is 23.7 Å². The largest absolute Gasteiger partial charge is 0.487 e. The lowest BCUT2D eigenvalue weighted by Gasteiger charge is -2.34. The van der Waals surface area contributed by atoms with E-state index in [4.69, 9.17) is 10.5 Å². The van der Waals surface area contributed by atoms with Crippen LogP contribution in [0.5, 0.6) is 5.75 Å². The Bertz CT molecular complexity index is 655. The highest BCUT2D eigenvalue weighted by Gasteiger charge is 2.26. The molecule has 0 aromatic heterocycles. The van der Waals surface area contributed by atoms with Gasteiger partial charge in [-0.25, -0.2) is 13.2 Å². The van der Waals surface area contributed by atoms with Crippen LogP contribution in [0.15, 0.2) is 12.1 Å². The molecule has 4 nitrogen and oxygen atoms in total. The summed E-state index contributed by atoms with van der Waals surface area (Å²) in [5.74, 6) is -2.89. The van der Waals surface area contributed by atoms with Crippen molar-refractivity contribution in [3.63, 3.8) is 0 Å². The lowest BCUT2D eigenvalue weighted by atomic mass is 9.80. The van der Waals surface area contributed by atoms with Crippen LogP contribution in [0.3, 0.4) is 0 Å². The fourth-order valence-electron chi connectivity index (χ4n) is 4.13. The average molecular weight is 384 g/mol. The molecule has 27 heavy (non-hydrogen) atoms. The molecule has 0 radical (unpaired) electrons. The fourth-order valence-corrected chi connectivity index (χ4v) is 4.13. The molecule has 1 amide bonds. The smallest absolute Gasteiger partial charge is 0.220 e. The number of ether oxygens (including phenoxy) is 1. The monoisotopic (exact) mass is 384 g/mol. The maximum Gasteiger partial charge on any atom is 0.220 e.